The monoisotopic (exact) mass is 226 g/mol. The Bertz CT molecular complexity index is 341. The molecule has 1 atom stereocenters. The van der Waals surface area contributed by atoms with Crippen LogP contribution in [0.2, 0.25) is 5.02 Å². The molecule has 0 radical (unpaired) electrons. The van der Waals surface area contributed by atoms with Gasteiger partial charge in [-0.25, -0.2) is 0 Å². The molecule has 1 aromatic rings. The molecule has 1 aromatic carbocycles. The summed E-state index contributed by atoms with van der Waals surface area (Å²) >= 11 is 5.83. The van der Waals surface area contributed by atoms with E-state index in [1.807, 2.05) is 19.1 Å². The molecule has 0 spiro atoms. The smallest absolute Gasteiger partial charge is 0.239 e. The number of benzene rings is 1. The summed E-state index contributed by atoms with van der Waals surface area (Å²) in [5.74, 6) is -0.336. The van der Waals surface area contributed by atoms with Crippen molar-refractivity contribution in [3.8, 4) is 0 Å². The lowest BCUT2D eigenvalue weighted by Gasteiger charge is -2.15. The number of primary amides is 1. The van der Waals surface area contributed by atoms with Gasteiger partial charge in [-0.2, -0.15) is 0 Å². The number of hydrogen-bond donors (Lipinski definition) is 2. The molecule has 15 heavy (non-hydrogen) atoms. The highest BCUT2D eigenvalue weighted by Gasteiger charge is 2.13. The number of amides is 1. The predicted molar refractivity (Wildman–Crippen MR) is 63.0 cm³/mol. The molecule has 1 unspecified atom stereocenters. The summed E-state index contributed by atoms with van der Waals surface area (Å²) in [5.41, 5.74) is 6.09. The predicted octanol–water partition coefficient (Wildman–Crippen LogP) is 2.41. The molecule has 0 saturated heterocycles. The van der Waals surface area contributed by atoms with E-state index in [2.05, 4.69) is 5.32 Å². The zero-order valence-corrected chi connectivity index (χ0v) is 9.42. The Morgan fingerprint density at radius 1 is 1.60 bits per heavy atom. The number of halogens is 1. The molecule has 4 heteroatoms. The van der Waals surface area contributed by atoms with E-state index in [0.29, 0.717) is 5.02 Å². The Kier molecular flexibility index (Phi) is 4.43. The number of rotatable bonds is 5. The number of anilines is 1. The van der Waals surface area contributed by atoms with E-state index in [1.165, 1.54) is 0 Å². The Labute approximate surface area is 94.6 Å². The molecule has 0 aliphatic rings. The van der Waals surface area contributed by atoms with Crippen molar-refractivity contribution in [2.45, 2.75) is 25.8 Å². The van der Waals surface area contributed by atoms with Crippen LogP contribution in [-0.4, -0.2) is 11.9 Å². The maximum Gasteiger partial charge on any atom is 0.239 e. The van der Waals surface area contributed by atoms with Gasteiger partial charge in [0.1, 0.15) is 6.04 Å². The lowest BCUT2D eigenvalue weighted by molar-refractivity contribution is -0.118. The molecule has 0 aliphatic carbocycles. The fourth-order valence-corrected chi connectivity index (χ4v) is 1.54. The summed E-state index contributed by atoms with van der Waals surface area (Å²) in [4.78, 5) is 11.1. The van der Waals surface area contributed by atoms with Crippen LogP contribution >= 0.6 is 11.6 Å². The summed E-state index contributed by atoms with van der Waals surface area (Å²) in [7, 11) is 0. The quantitative estimate of drug-likeness (QED) is 0.810. The fraction of sp³-hybridized carbons (Fsp3) is 0.364. The Balaban J connectivity index is 2.69. The molecule has 3 nitrogen and oxygen atoms in total. The summed E-state index contributed by atoms with van der Waals surface area (Å²) in [5, 5.41) is 3.70. The van der Waals surface area contributed by atoms with Gasteiger partial charge >= 0.3 is 0 Å². The molecular weight excluding hydrogens is 212 g/mol. The van der Waals surface area contributed by atoms with E-state index in [1.54, 1.807) is 12.1 Å². The van der Waals surface area contributed by atoms with Crippen molar-refractivity contribution >= 4 is 23.2 Å². The van der Waals surface area contributed by atoms with Gasteiger partial charge in [-0.3, -0.25) is 4.79 Å². The van der Waals surface area contributed by atoms with Crippen LogP contribution < -0.4 is 11.1 Å². The summed E-state index contributed by atoms with van der Waals surface area (Å²) in [6.45, 7) is 2.01. The molecule has 3 N–H and O–H groups in total. The van der Waals surface area contributed by atoms with E-state index >= 15 is 0 Å². The Hall–Kier alpha value is -1.22. The van der Waals surface area contributed by atoms with Crippen molar-refractivity contribution in [3.05, 3.63) is 29.3 Å². The zero-order valence-electron chi connectivity index (χ0n) is 8.66. The van der Waals surface area contributed by atoms with Gasteiger partial charge in [0.25, 0.3) is 0 Å². The van der Waals surface area contributed by atoms with Crippen molar-refractivity contribution in [1.29, 1.82) is 0 Å². The maximum atomic E-state index is 11.1. The molecule has 0 saturated carbocycles. The summed E-state index contributed by atoms with van der Waals surface area (Å²) in [6, 6.07) is 6.92. The highest BCUT2D eigenvalue weighted by molar-refractivity contribution is 6.30. The zero-order chi connectivity index (χ0) is 11.3. The molecule has 1 amide bonds. The van der Waals surface area contributed by atoms with Crippen molar-refractivity contribution in [2.24, 2.45) is 5.73 Å². The standard InChI is InChI=1S/C11H15ClN2O/c1-2-4-10(11(13)15)14-9-6-3-5-8(12)7-9/h3,5-7,10,14H,2,4H2,1H3,(H2,13,15). The summed E-state index contributed by atoms with van der Waals surface area (Å²) < 4.78 is 0. The number of carbonyl (C=O) groups is 1. The Morgan fingerprint density at radius 2 is 2.33 bits per heavy atom. The molecule has 82 valence electrons. The lowest BCUT2D eigenvalue weighted by atomic mass is 10.1. The molecule has 0 aliphatic heterocycles. The highest BCUT2D eigenvalue weighted by atomic mass is 35.5. The van der Waals surface area contributed by atoms with Gasteiger partial charge in [0.2, 0.25) is 5.91 Å². The van der Waals surface area contributed by atoms with E-state index in [0.717, 1.165) is 18.5 Å². The largest absolute Gasteiger partial charge is 0.374 e. The van der Waals surface area contributed by atoms with Gasteiger partial charge in [0, 0.05) is 10.7 Å². The van der Waals surface area contributed by atoms with E-state index < -0.39 is 0 Å². The second-order valence-corrected chi connectivity index (χ2v) is 3.83. The first-order valence-corrected chi connectivity index (χ1v) is 5.32. The van der Waals surface area contributed by atoms with Crippen molar-refractivity contribution in [2.75, 3.05) is 5.32 Å². The average Bonchev–Trinajstić information content (AvgIpc) is 2.17. The molecule has 0 heterocycles. The van der Waals surface area contributed by atoms with Crippen molar-refractivity contribution < 1.29 is 4.79 Å². The van der Waals surface area contributed by atoms with Crippen LogP contribution in [-0.2, 0) is 4.79 Å². The lowest BCUT2D eigenvalue weighted by Crippen LogP contribution is -2.35. The fourth-order valence-electron chi connectivity index (χ4n) is 1.35. The number of nitrogens with two attached hydrogens (primary N) is 1. The third-order valence-electron chi connectivity index (χ3n) is 2.09. The van der Waals surface area contributed by atoms with E-state index in [4.69, 9.17) is 17.3 Å². The third-order valence-corrected chi connectivity index (χ3v) is 2.32. The Morgan fingerprint density at radius 3 is 2.87 bits per heavy atom. The minimum atomic E-state index is -0.336. The molecular formula is C11H15ClN2O. The van der Waals surface area contributed by atoms with Crippen LogP contribution in [0.25, 0.3) is 0 Å². The van der Waals surface area contributed by atoms with E-state index in [9.17, 15) is 4.79 Å². The molecule has 0 fully saturated rings. The topological polar surface area (TPSA) is 55.1 Å². The first-order chi connectivity index (χ1) is 7.13. The van der Waals surface area contributed by atoms with Gasteiger partial charge < -0.3 is 11.1 Å². The summed E-state index contributed by atoms with van der Waals surface area (Å²) in [6.07, 6.45) is 1.63. The van der Waals surface area contributed by atoms with Gasteiger partial charge in [-0.15, -0.1) is 0 Å². The average molecular weight is 227 g/mol. The van der Waals surface area contributed by atoms with Crippen LogP contribution in [0, 0.1) is 0 Å². The number of carbonyl (C=O) groups excluding carboxylic acids is 1. The van der Waals surface area contributed by atoms with Gasteiger partial charge in [0.05, 0.1) is 0 Å². The van der Waals surface area contributed by atoms with Crippen LogP contribution in [0.3, 0.4) is 0 Å². The second kappa shape index (κ2) is 5.61. The molecule has 1 rings (SSSR count). The third kappa shape index (κ3) is 3.80. The highest BCUT2D eigenvalue weighted by Crippen LogP contribution is 2.16. The van der Waals surface area contributed by atoms with Crippen molar-refractivity contribution in [1.82, 2.24) is 0 Å². The first-order valence-electron chi connectivity index (χ1n) is 4.95. The SMILES string of the molecule is CCCC(Nc1cccc(Cl)c1)C(N)=O. The first kappa shape index (κ1) is 11.9. The number of nitrogens with one attached hydrogen (secondary N) is 1. The second-order valence-electron chi connectivity index (χ2n) is 3.40. The maximum absolute atomic E-state index is 11.1. The molecule has 0 bridgehead atoms. The van der Waals surface area contributed by atoms with Crippen LogP contribution in [0.15, 0.2) is 24.3 Å². The minimum Gasteiger partial charge on any atom is -0.374 e. The van der Waals surface area contributed by atoms with E-state index in [-0.39, 0.29) is 11.9 Å². The van der Waals surface area contributed by atoms with Gasteiger partial charge in [0.15, 0.2) is 0 Å². The van der Waals surface area contributed by atoms with Crippen LogP contribution in [0.5, 0.6) is 0 Å². The van der Waals surface area contributed by atoms with Gasteiger partial charge in [-0.1, -0.05) is 31.0 Å². The van der Waals surface area contributed by atoms with Gasteiger partial charge in [-0.05, 0) is 24.6 Å². The molecule has 0 aromatic heterocycles. The minimum absolute atomic E-state index is 0.325. The van der Waals surface area contributed by atoms with Crippen LogP contribution in [0.4, 0.5) is 5.69 Å². The van der Waals surface area contributed by atoms with Crippen LogP contribution in [0.1, 0.15) is 19.8 Å². The van der Waals surface area contributed by atoms with Crippen molar-refractivity contribution in [3.63, 3.8) is 0 Å². The normalized spacial score (nSPS) is 12.1. The number of hydrogen-bond acceptors (Lipinski definition) is 2.